The molecule has 2 aromatic heterocycles. The maximum Gasteiger partial charge on any atom is 0.337 e. The van der Waals surface area contributed by atoms with E-state index in [2.05, 4.69) is 25.5 Å². The van der Waals surface area contributed by atoms with Crippen LogP contribution >= 0.6 is 0 Å². The van der Waals surface area contributed by atoms with Crippen molar-refractivity contribution < 1.29 is 9.53 Å². The fourth-order valence-corrected chi connectivity index (χ4v) is 2.46. The third kappa shape index (κ3) is 4.97. The van der Waals surface area contributed by atoms with E-state index in [1.807, 2.05) is 30.1 Å². The molecule has 3 aromatic rings. The molecule has 138 valence electrons. The molecule has 0 spiro atoms. The Morgan fingerprint density at radius 3 is 2.81 bits per heavy atom. The van der Waals surface area contributed by atoms with Crippen LogP contribution in [0.25, 0.3) is 0 Å². The van der Waals surface area contributed by atoms with Crippen LogP contribution in [0.1, 0.15) is 15.9 Å². The Balaban J connectivity index is 1.67. The van der Waals surface area contributed by atoms with Crippen molar-refractivity contribution in [3.8, 4) is 0 Å². The minimum atomic E-state index is -0.401. The number of carbonyl (C=O) groups excluding carboxylic acids is 1. The number of ether oxygens (including phenoxy) is 1. The normalized spacial score (nSPS) is 10.3. The van der Waals surface area contributed by atoms with Gasteiger partial charge in [0, 0.05) is 31.7 Å². The van der Waals surface area contributed by atoms with E-state index in [0.717, 1.165) is 13.0 Å². The number of hydrogen-bond donors (Lipinski definition) is 1. The second kappa shape index (κ2) is 8.70. The van der Waals surface area contributed by atoms with Gasteiger partial charge in [-0.2, -0.15) is 10.1 Å². The first-order chi connectivity index (χ1) is 13.2. The number of pyridine rings is 1. The molecular formula is C19H20N6O2. The van der Waals surface area contributed by atoms with Crippen LogP contribution in [0.3, 0.4) is 0 Å². The lowest BCUT2D eigenvalue weighted by Gasteiger charge is -2.18. The van der Waals surface area contributed by atoms with Crippen molar-refractivity contribution in [3.63, 3.8) is 0 Å². The largest absolute Gasteiger partial charge is 0.465 e. The molecule has 0 saturated carbocycles. The molecule has 0 bridgehead atoms. The number of carbonyl (C=O) groups is 1. The third-order valence-electron chi connectivity index (χ3n) is 3.96. The number of methoxy groups -OCH3 is 1. The van der Waals surface area contributed by atoms with Crippen molar-refractivity contribution in [1.82, 2.24) is 20.2 Å². The van der Waals surface area contributed by atoms with Gasteiger partial charge in [-0.15, -0.1) is 5.10 Å². The average molecular weight is 364 g/mol. The summed E-state index contributed by atoms with van der Waals surface area (Å²) in [7, 11) is 3.30. The highest BCUT2D eigenvalue weighted by Crippen LogP contribution is 2.17. The third-order valence-corrected chi connectivity index (χ3v) is 3.96. The quantitative estimate of drug-likeness (QED) is 0.639. The van der Waals surface area contributed by atoms with Crippen LogP contribution in [-0.2, 0) is 11.2 Å². The number of aromatic nitrogens is 4. The first kappa shape index (κ1) is 18.2. The maximum absolute atomic E-state index is 11.6. The lowest BCUT2D eigenvalue weighted by molar-refractivity contribution is 0.0601. The SMILES string of the molecule is COC(=O)c1cccc(Nc2nncc(N(C)CCc3ccncc3)n2)c1. The van der Waals surface area contributed by atoms with Crippen molar-refractivity contribution in [2.75, 3.05) is 30.9 Å². The predicted octanol–water partition coefficient (Wildman–Crippen LogP) is 2.48. The Bertz CT molecular complexity index is 903. The molecule has 2 heterocycles. The van der Waals surface area contributed by atoms with E-state index < -0.39 is 5.97 Å². The lowest BCUT2D eigenvalue weighted by Crippen LogP contribution is -2.22. The maximum atomic E-state index is 11.6. The number of likely N-dealkylation sites (N-methyl/N-ethyl adjacent to an activating group) is 1. The Morgan fingerprint density at radius 2 is 2.04 bits per heavy atom. The van der Waals surface area contributed by atoms with Gasteiger partial charge in [-0.3, -0.25) is 4.98 Å². The van der Waals surface area contributed by atoms with Gasteiger partial charge in [0.15, 0.2) is 5.82 Å². The van der Waals surface area contributed by atoms with Crippen LogP contribution in [0.15, 0.2) is 55.0 Å². The fraction of sp³-hybridized carbons (Fsp3) is 0.211. The first-order valence-electron chi connectivity index (χ1n) is 8.41. The summed E-state index contributed by atoms with van der Waals surface area (Å²) in [5.74, 6) is 0.651. The molecule has 0 amide bonds. The fourth-order valence-electron chi connectivity index (χ4n) is 2.46. The standard InChI is InChI=1S/C19H20N6O2/c1-25(11-8-14-6-9-20-10-7-14)17-13-21-24-19(23-17)22-16-5-3-4-15(12-16)18(26)27-2/h3-7,9-10,12-13H,8,11H2,1-2H3,(H,22,23,24). The molecule has 0 saturated heterocycles. The molecule has 27 heavy (non-hydrogen) atoms. The molecule has 0 aliphatic carbocycles. The topological polar surface area (TPSA) is 93.1 Å². The average Bonchev–Trinajstić information content (AvgIpc) is 2.72. The van der Waals surface area contributed by atoms with Crippen LogP contribution in [0.5, 0.6) is 0 Å². The van der Waals surface area contributed by atoms with E-state index in [0.29, 0.717) is 23.0 Å². The smallest absolute Gasteiger partial charge is 0.337 e. The number of nitrogens with zero attached hydrogens (tertiary/aromatic N) is 5. The van der Waals surface area contributed by atoms with Crippen molar-refractivity contribution in [2.45, 2.75) is 6.42 Å². The van der Waals surface area contributed by atoms with Gasteiger partial charge in [0.2, 0.25) is 5.95 Å². The zero-order valence-electron chi connectivity index (χ0n) is 15.2. The van der Waals surface area contributed by atoms with Crippen molar-refractivity contribution in [3.05, 3.63) is 66.1 Å². The highest BCUT2D eigenvalue weighted by atomic mass is 16.5. The minimum absolute atomic E-state index is 0.352. The first-order valence-corrected chi connectivity index (χ1v) is 8.41. The number of benzene rings is 1. The van der Waals surface area contributed by atoms with Crippen molar-refractivity contribution in [1.29, 1.82) is 0 Å². The van der Waals surface area contributed by atoms with Gasteiger partial charge in [0.1, 0.15) is 0 Å². The lowest BCUT2D eigenvalue weighted by atomic mass is 10.2. The summed E-state index contributed by atoms with van der Waals surface area (Å²) >= 11 is 0. The second-order valence-corrected chi connectivity index (χ2v) is 5.86. The molecule has 8 heteroatoms. The summed E-state index contributed by atoms with van der Waals surface area (Å²) in [5.41, 5.74) is 2.33. The minimum Gasteiger partial charge on any atom is -0.465 e. The number of nitrogens with one attached hydrogen (secondary N) is 1. The van der Waals surface area contributed by atoms with Gasteiger partial charge in [-0.05, 0) is 42.3 Å². The summed E-state index contributed by atoms with van der Waals surface area (Å²) in [5, 5.41) is 11.1. The van der Waals surface area contributed by atoms with Gasteiger partial charge >= 0.3 is 5.97 Å². The van der Waals surface area contributed by atoms with Gasteiger partial charge in [0.05, 0.1) is 18.9 Å². The van der Waals surface area contributed by atoms with Crippen LogP contribution < -0.4 is 10.2 Å². The molecule has 0 radical (unpaired) electrons. The zero-order valence-corrected chi connectivity index (χ0v) is 15.2. The van der Waals surface area contributed by atoms with Crippen LogP contribution in [0.4, 0.5) is 17.5 Å². The summed E-state index contributed by atoms with van der Waals surface area (Å²) in [4.78, 5) is 22.2. The Morgan fingerprint density at radius 1 is 1.22 bits per heavy atom. The molecule has 0 fully saturated rings. The Kier molecular flexibility index (Phi) is 5.88. The Hall–Kier alpha value is -3.55. The summed E-state index contributed by atoms with van der Waals surface area (Å²) in [6.07, 6.45) is 6.05. The summed E-state index contributed by atoms with van der Waals surface area (Å²) in [6.45, 7) is 0.778. The van der Waals surface area contributed by atoms with Gasteiger partial charge < -0.3 is 15.0 Å². The van der Waals surface area contributed by atoms with Gasteiger partial charge in [-0.1, -0.05) is 6.07 Å². The molecule has 8 nitrogen and oxygen atoms in total. The molecule has 1 N–H and O–H groups in total. The van der Waals surface area contributed by atoms with E-state index >= 15 is 0 Å². The molecule has 0 unspecified atom stereocenters. The van der Waals surface area contributed by atoms with Crippen LogP contribution in [0.2, 0.25) is 0 Å². The van der Waals surface area contributed by atoms with Crippen LogP contribution in [0, 0.1) is 0 Å². The second-order valence-electron chi connectivity index (χ2n) is 5.86. The number of anilines is 3. The predicted molar refractivity (Wildman–Crippen MR) is 102 cm³/mol. The van der Waals surface area contributed by atoms with E-state index in [4.69, 9.17) is 4.74 Å². The summed E-state index contributed by atoms with van der Waals surface area (Å²) < 4.78 is 4.73. The van der Waals surface area contributed by atoms with Gasteiger partial charge in [-0.25, -0.2) is 4.79 Å². The summed E-state index contributed by atoms with van der Waals surface area (Å²) in [6, 6.07) is 10.9. The molecule has 0 aliphatic heterocycles. The van der Waals surface area contributed by atoms with E-state index in [1.165, 1.54) is 12.7 Å². The molecule has 0 atom stereocenters. The Labute approximate surface area is 157 Å². The van der Waals surface area contributed by atoms with E-state index in [1.54, 1.807) is 36.8 Å². The molecule has 3 rings (SSSR count). The van der Waals surface area contributed by atoms with E-state index in [-0.39, 0.29) is 0 Å². The van der Waals surface area contributed by atoms with Gasteiger partial charge in [0.25, 0.3) is 0 Å². The molecule has 0 aliphatic rings. The van der Waals surface area contributed by atoms with Crippen LogP contribution in [-0.4, -0.2) is 46.8 Å². The number of esters is 1. The molecular weight excluding hydrogens is 344 g/mol. The highest BCUT2D eigenvalue weighted by Gasteiger charge is 2.09. The van der Waals surface area contributed by atoms with Crippen molar-refractivity contribution >= 4 is 23.4 Å². The van der Waals surface area contributed by atoms with E-state index in [9.17, 15) is 4.79 Å². The number of hydrogen-bond acceptors (Lipinski definition) is 8. The number of rotatable bonds is 7. The highest BCUT2D eigenvalue weighted by molar-refractivity contribution is 5.90. The van der Waals surface area contributed by atoms with Crippen molar-refractivity contribution in [2.24, 2.45) is 0 Å². The molecule has 1 aromatic carbocycles. The monoisotopic (exact) mass is 364 g/mol. The zero-order chi connectivity index (χ0) is 19.1.